The summed E-state index contributed by atoms with van der Waals surface area (Å²) in [6.07, 6.45) is 0. The Morgan fingerprint density at radius 3 is 2.37 bits per heavy atom. The molecule has 0 aliphatic carbocycles. The molecule has 2 aliphatic heterocycles. The third kappa shape index (κ3) is 4.30. The van der Waals surface area contributed by atoms with Gasteiger partial charge >= 0.3 is 0 Å². The summed E-state index contributed by atoms with van der Waals surface area (Å²) in [6, 6.07) is 11.7. The van der Waals surface area contributed by atoms with Gasteiger partial charge in [-0.2, -0.15) is 0 Å². The average molecular weight is 412 g/mol. The molecular weight excluding hydrogens is 388 g/mol. The van der Waals surface area contributed by atoms with Crippen molar-refractivity contribution in [2.45, 2.75) is 13.0 Å². The van der Waals surface area contributed by atoms with Crippen LogP contribution in [0.2, 0.25) is 0 Å². The summed E-state index contributed by atoms with van der Waals surface area (Å²) >= 11 is 0. The Kier molecular flexibility index (Phi) is 5.71. The van der Waals surface area contributed by atoms with Gasteiger partial charge in [0.25, 0.3) is 5.69 Å². The molecule has 1 amide bonds. The summed E-state index contributed by atoms with van der Waals surface area (Å²) in [7, 11) is 0. The summed E-state index contributed by atoms with van der Waals surface area (Å²) in [5, 5.41) is 13.8. The number of ether oxygens (including phenoxy) is 2. The van der Waals surface area contributed by atoms with Crippen LogP contribution in [0.25, 0.3) is 0 Å². The van der Waals surface area contributed by atoms with Gasteiger partial charge in [0, 0.05) is 55.8 Å². The largest absolute Gasteiger partial charge is 0.486 e. The van der Waals surface area contributed by atoms with Crippen LogP contribution in [0.3, 0.4) is 0 Å². The minimum atomic E-state index is -0.399. The van der Waals surface area contributed by atoms with Crippen molar-refractivity contribution in [1.29, 1.82) is 0 Å². The number of hydrogen-bond donors (Lipinski definition) is 1. The molecule has 30 heavy (non-hydrogen) atoms. The predicted molar refractivity (Wildman–Crippen MR) is 112 cm³/mol. The van der Waals surface area contributed by atoms with E-state index >= 15 is 0 Å². The number of piperazine rings is 1. The van der Waals surface area contributed by atoms with Crippen molar-refractivity contribution in [2.75, 3.05) is 49.6 Å². The van der Waals surface area contributed by atoms with Crippen LogP contribution in [0.5, 0.6) is 11.5 Å². The van der Waals surface area contributed by atoms with Crippen molar-refractivity contribution < 1.29 is 19.2 Å². The maximum absolute atomic E-state index is 12.7. The van der Waals surface area contributed by atoms with E-state index in [4.69, 9.17) is 9.47 Å². The van der Waals surface area contributed by atoms with E-state index in [-0.39, 0.29) is 17.6 Å². The Bertz CT molecular complexity index is 925. The number of hydrogen-bond acceptors (Lipinski definition) is 7. The first-order chi connectivity index (χ1) is 14.5. The standard InChI is InChI=1S/C21H24N4O5/c1-15(21(26)22-16-2-7-19-20(14-16)30-13-12-29-19)23-8-10-24(11-9-23)17-3-5-18(6-4-17)25(27)28/h2-7,14-15H,8-13H2,1H3,(H,22,26). The number of rotatable bonds is 5. The van der Waals surface area contributed by atoms with Crippen molar-refractivity contribution in [3.05, 3.63) is 52.6 Å². The second kappa shape index (κ2) is 8.58. The maximum Gasteiger partial charge on any atom is 0.269 e. The highest BCUT2D eigenvalue weighted by Gasteiger charge is 2.26. The van der Waals surface area contributed by atoms with Crippen LogP contribution in [-0.2, 0) is 4.79 Å². The first-order valence-corrected chi connectivity index (χ1v) is 9.95. The molecule has 4 rings (SSSR count). The van der Waals surface area contributed by atoms with E-state index in [2.05, 4.69) is 15.1 Å². The lowest BCUT2D eigenvalue weighted by atomic mass is 10.2. The van der Waals surface area contributed by atoms with E-state index in [0.29, 0.717) is 30.4 Å². The summed E-state index contributed by atoms with van der Waals surface area (Å²) in [5.74, 6) is 1.26. The first kappa shape index (κ1) is 20.0. The molecular formula is C21H24N4O5. The molecule has 2 aliphatic rings. The Balaban J connectivity index is 1.32. The molecule has 1 fully saturated rings. The number of fused-ring (bicyclic) bond motifs is 1. The van der Waals surface area contributed by atoms with E-state index in [9.17, 15) is 14.9 Å². The molecule has 9 nitrogen and oxygen atoms in total. The Hall–Kier alpha value is -3.33. The van der Waals surface area contributed by atoms with Crippen molar-refractivity contribution >= 4 is 23.0 Å². The fraction of sp³-hybridized carbons (Fsp3) is 0.381. The van der Waals surface area contributed by atoms with Crippen LogP contribution in [0.4, 0.5) is 17.1 Å². The van der Waals surface area contributed by atoms with E-state index in [1.165, 1.54) is 12.1 Å². The summed E-state index contributed by atoms with van der Waals surface area (Å²) < 4.78 is 11.1. The second-order valence-electron chi connectivity index (χ2n) is 7.32. The molecule has 1 saturated heterocycles. The first-order valence-electron chi connectivity index (χ1n) is 9.95. The van der Waals surface area contributed by atoms with Gasteiger partial charge in [0.1, 0.15) is 13.2 Å². The molecule has 0 bridgehead atoms. The van der Waals surface area contributed by atoms with Crippen LogP contribution in [0.1, 0.15) is 6.92 Å². The highest BCUT2D eigenvalue weighted by molar-refractivity contribution is 5.94. The topological polar surface area (TPSA) is 97.2 Å². The minimum Gasteiger partial charge on any atom is -0.486 e. The number of amides is 1. The number of anilines is 2. The number of nitrogens with zero attached hydrogens (tertiary/aromatic N) is 3. The lowest BCUT2D eigenvalue weighted by Gasteiger charge is -2.38. The van der Waals surface area contributed by atoms with Gasteiger partial charge in [0.15, 0.2) is 11.5 Å². The van der Waals surface area contributed by atoms with Crippen LogP contribution >= 0.6 is 0 Å². The van der Waals surface area contributed by atoms with Gasteiger partial charge in [-0.3, -0.25) is 19.8 Å². The molecule has 9 heteroatoms. The molecule has 0 radical (unpaired) electrons. The average Bonchev–Trinajstić information content (AvgIpc) is 2.78. The zero-order chi connectivity index (χ0) is 21.1. The number of non-ortho nitro benzene ring substituents is 1. The quantitative estimate of drug-likeness (QED) is 0.595. The number of nitro groups is 1. The van der Waals surface area contributed by atoms with Crippen molar-refractivity contribution in [3.63, 3.8) is 0 Å². The highest BCUT2D eigenvalue weighted by Crippen LogP contribution is 2.32. The van der Waals surface area contributed by atoms with Gasteiger partial charge < -0.3 is 19.7 Å². The van der Waals surface area contributed by atoms with Gasteiger partial charge in [-0.1, -0.05) is 0 Å². The van der Waals surface area contributed by atoms with E-state index in [1.54, 1.807) is 24.3 Å². The number of carbonyl (C=O) groups excluding carboxylic acids is 1. The Morgan fingerprint density at radius 1 is 1.03 bits per heavy atom. The zero-order valence-corrected chi connectivity index (χ0v) is 16.7. The van der Waals surface area contributed by atoms with Crippen molar-refractivity contribution in [2.24, 2.45) is 0 Å². The summed E-state index contributed by atoms with van der Waals surface area (Å²) in [4.78, 5) is 27.4. The molecule has 1 atom stereocenters. The minimum absolute atomic E-state index is 0.0736. The number of nitrogens with one attached hydrogen (secondary N) is 1. The lowest BCUT2D eigenvalue weighted by molar-refractivity contribution is -0.384. The normalized spacial score (nSPS) is 17.3. The van der Waals surface area contributed by atoms with Gasteiger partial charge in [0.2, 0.25) is 5.91 Å². The molecule has 158 valence electrons. The maximum atomic E-state index is 12.7. The van der Waals surface area contributed by atoms with Crippen LogP contribution in [0.15, 0.2) is 42.5 Å². The third-order valence-corrected chi connectivity index (χ3v) is 5.48. The third-order valence-electron chi connectivity index (χ3n) is 5.48. The smallest absolute Gasteiger partial charge is 0.269 e. The molecule has 2 heterocycles. The number of nitro benzene ring substituents is 1. The van der Waals surface area contributed by atoms with Gasteiger partial charge in [0.05, 0.1) is 11.0 Å². The van der Waals surface area contributed by atoms with E-state index < -0.39 is 4.92 Å². The number of carbonyl (C=O) groups is 1. The van der Waals surface area contributed by atoms with Crippen molar-refractivity contribution in [1.82, 2.24) is 4.90 Å². The lowest BCUT2D eigenvalue weighted by Crippen LogP contribution is -2.52. The molecule has 1 N–H and O–H groups in total. The van der Waals surface area contributed by atoms with Crippen molar-refractivity contribution in [3.8, 4) is 11.5 Å². The Labute approximate surface area is 174 Å². The molecule has 0 spiro atoms. The van der Waals surface area contributed by atoms with Gasteiger partial charge in [-0.25, -0.2) is 0 Å². The van der Waals surface area contributed by atoms with E-state index in [1.807, 2.05) is 13.0 Å². The van der Waals surface area contributed by atoms with Gasteiger partial charge in [-0.15, -0.1) is 0 Å². The molecule has 1 unspecified atom stereocenters. The van der Waals surface area contributed by atoms with E-state index in [0.717, 1.165) is 31.9 Å². The van der Waals surface area contributed by atoms with Crippen LogP contribution in [0, 0.1) is 10.1 Å². The monoisotopic (exact) mass is 412 g/mol. The second-order valence-corrected chi connectivity index (χ2v) is 7.32. The zero-order valence-electron chi connectivity index (χ0n) is 16.7. The predicted octanol–water partition coefficient (Wildman–Crippen LogP) is 2.52. The highest BCUT2D eigenvalue weighted by atomic mass is 16.6. The fourth-order valence-corrected chi connectivity index (χ4v) is 3.69. The summed E-state index contributed by atoms with van der Waals surface area (Å²) in [5.41, 5.74) is 1.72. The molecule has 0 aromatic heterocycles. The Morgan fingerprint density at radius 2 is 1.70 bits per heavy atom. The van der Waals surface area contributed by atoms with Crippen LogP contribution in [-0.4, -0.2) is 61.2 Å². The van der Waals surface area contributed by atoms with Crippen LogP contribution < -0.4 is 19.7 Å². The van der Waals surface area contributed by atoms with Gasteiger partial charge in [-0.05, 0) is 31.2 Å². The fourth-order valence-electron chi connectivity index (χ4n) is 3.69. The summed E-state index contributed by atoms with van der Waals surface area (Å²) in [6.45, 7) is 5.88. The molecule has 2 aromatic rings. The number of benzene rings is 2. The molecule has 2 aromatic carbocycles. The molecule has 0 saturated carbocycles. The SMILES string of the molecule is CC(C(=O)Nc1ccc2c(c1)OCCO2)N1CCN(c2ccc([N+](=O)[O-])cc2)CC1.